The molecule has 0 aliphatic carbocycles. The predicted molar refractivity (Wildman–Crippen MR) is 73.5 cm³/mol. The van der Waals surface area contributed by atoms with Crippen molar-refractivity contribution in [1.29, 1.82) is 0 Å². The Morgan fingerprint density at radius 1 is 1.50 bits per heavy atom. The molecule has 1 fully saturated rings. The zero-order chi connectivity index (χ0) is 12.9. The van der Waals surface area contributed by atoms with E-state index >= 15 is 0 Å². The van der Waals surface area contributed by atoms with Crippen molar-refractivity contribution < 1.29 is 9.59 Å². The van der Waals surface area contributed by atoms with Gasteiger partial charge in [0.15, 0.2) is 0 Å². The molecule has 1 aliphatic heterocycles. The van der Waals surface area contributed by atoms with Crippen LogP contribution in [0.2, 0.25) is 0 Å². The van der Waals surface area contributed by atoms with Gasteiger partial charge in [0.2, 0.25) is 11.8 Å². The molecule has 106 valence electrons. The summed E-state index contributed by atoms with van der Waals surface area (Å²) in [5, 5.41) is 5.60. The fourth-order valence-corrected chi connectivity index (χ4v) is 1.86. The molecule has 0 aromatic rings. The van der Waals surface area contributed by atoms with Gasteiger partial charge in [-0.3, -0.25) is 9.59 Å². The molecular weight excluding hydrogens is 254 g/mol. The zero-order valence-electron chi connectivity index (χ0n) is 11.1. The van der Waals surface area contributed by atoms with E-state index in [-0.39, 0.29) is 35.7 Å². The molecule has 0 aromatic heterocycles. The third-order valence-corrected chi connectivity index (χ3v) is 3.66. The lowest BCUT2D eigenvalue weighted by molar-refractivity contribution is -0.129. The first-order valence-electron chi connectivity index (χ1n) is 6.34. The SMILES string of the molecule is CCC(N)(CC)CNC(=O)C1CCC(=O)NC1.Cl. The fraction of sp³-hybridized carbons (Fsp3) is 0.833. The summed E-state index contributed by atoms with van der Waals surface area (Å²) in [7, 11) is 0. The standard InChI is InChI=1S/C12H23N3O2.ClH/c1-3-12(13,4-2)8-15-11(17)9-5-6-10(16)14-7-9;/h9H,3-8,13H2,1-2H3,(H,14,16)(H,15,17);1H. The third kappa shape index (κ3) is 4.82. The second kappa shape index (κ2) is 7.59. The average molecular weight is 278 g/mol. The van der Waals surface area contributed by atoms with E-state index in [0.29, 0.717) is 25.9 Å². The summed E-state index contributed by atoms with van der Waals surface area (Å²) in [4.78, 5) is 22.8. The van der Waals surface area contributed by atoms with Crippen molar-refractivity contribution in [2.24, 2.45) is 11.7 Å². The monoisotopic (exact) mass is 277 g/mol. The minimum atomic E-state index is -0.312. The van der Waals surface area contributed by atoms with Gasteiger partial charge in [0.1, 0.15) is 0 Å². The summed E-state index contributed by atoms with van der Waals surface area (Å²) in [5.41, 5.74) is 5.80. The summed E-state index contributed by atoms with van der Waals surface area (Å²) in [5.74, 6) is -0.0725. The Morgan fingerprint density at radius 2 is 2.11 bits per heavy atom. The van der Waals surface area contributed by atoms with E-state index in [2.05, 4.69) is 10.6 Å². The molecule has 5 nitrogen and oxygen atoms in total. The Hall–Kier alpha value is -0.810. The van der Waals surface area contributed by atoms with Crippen molar-refractivity contribution in [3.05, 3.63) is 0 Å². The summed E-state index contributed by atoms with van der Waals surface area (Å²) >= 11 is 0. The topological polar surface area (TPSA) is 84.2 Å². The van der Waals surface area contributed by atoms with Crippen molar-refractivity contribution in [2.75, 3.05) is 13.1 Å². The number of amides is 2. The highest BCUT2D eigenvalue weighted by atomic mass is 35.5. The molecule has 0 bridgehead atoms. The van der Waals surface area contributed by atoms with E-state index < -0.39 is 0 Å². The van der Waals surface area contributed by atoms with Gasteiger partial charge in [0.25, 0.3) is 0 Å². The minimum Gasteiger partial charge on any atom is -0.355 e. The van der Waals surface area contributed by atoms with Crippen molar-refractivity contribution >= 4 is 24.2 Å². The van der Waals surface area contributed by atoms with Crippen molar-refractivity contribution in [3.63, 3.8) is 0 Å². The summed E-state index contributed by atoms with van der Waals surface area (Å²) in [6.07, 6.45) is 2.75. The van der Waals surface area contributed by atoms with Gasteiger partial charge in [0, 0.05) is 25.0 Å². The summed E-state index contributed by atoms with van der Waals surface area (Å²) in [6.45, 7) is 5.00. The van der Waals surface area contributed by atoms with Gasteiger partial charge in [-0.15, -0.1) is 12.4 Å². The first-order chi connectivity index (χ1) is 8.00. The molecule has 0 radical (unpaired) electrons. The zero-order valence-corrected chi connectivity index (χ0v) is 11.9. The molecule has 4 N–H and O–H groups in total. The molecule has 1 rings (SSSR count). The molecule has 1 saturated heterocycles. The number of hydrogen-bond acceptors (Lipinski definition) is 3. The molecule has 0 saturated carbocycles. The number of nitrogens with one attached hydrogen (secondary N) is 2. The molecule has 1 heterocycles. The van der Waals surface area contributed by atoms with E-state index in [9.17, 15) is 9.59 Å². The van der Waals surface area contributed by atoms with Crippen molar-refractivity contribution in [3.8, 4) is 0 Å². The Bertz CT molecular complexity index is 283. The molecule has 18 heavy (non-hydrogen) atoms. The molecule has 6 heteroatoms. The number of nitrogens with two attached hydrogens (primary N) is 1. The smallest absolute Gasteiger partial charge is 0.224 e. The highest BCUT2D eigenvalue weighted by molar-refractivity contribution is 5.85. The lowest BCUT2D eigenvalue weighted by Crippen LogP contribution is -2.52. The van der Waals surface area contributed by atoms with Crippen LogP contribution in [-0.2, 0) is 9.59 Å². The van der Waals surface area contributed by atoms with Crippen LogP contribution in [0, 0.1) is 5.92 Å². The normalized spacial score (nSPS) is 19.7. The number of hydrogen-bond donors (Lipinski definition) is 3. The second-order valence-electron chi connectivity index (χ2n) is 4.83. The Labute approximate surface area is 115 Å². The average Bonchev–Trinajstić information content (AvgIpc) is 2.36. The lowest BCUT2D eigenvalue weighted by Gasteiger charge is -2.29. The van der Waals surface area contributed by atoms with Crippen LogP contribution in [-0.4, -0.2) is 30.4 Å². The quantitative estimate of drug-likeness (QED) is 0.687. The first kappa shape index (κ1) is 17.2. The molecule has 2 amide bonds. The van der Waals surface area contributed by atoms with Gasteiger partial charge < -0.3 is 16.4 Å². The Balaban J connectivity index is 0.00000289. The molecule has 1 atom stereocenters. The fourth-order valence-electron chi connectivity index (χ4n) is 1.86. The Kier molecular flexibility index (Phi) is 7.25. The van der Waals surface area contributed by atoms with Crippen LogP contribution in [0.4, 0.5) is 0 Å². The van der Waals surface area contributed by atoms with Gasteiger partial charge in [-0.2, -0.15) is 0 Å². The van der Waals surface area contributed by atoms with Crippen LogP contribution < -0.4 is 16.4 Å². The Morgan fingerprint density at radius 3 is 2.56 bits per heavy atom. The second-order valence-corrected chi connectivity index (χ2v) is 4.83. The first-order valence-corrected chi connectivity index (χ1v) is 6.34. The minimum absolute atomic E-state index is 0. The summed E-state index contributed by atoms with van der Waals surface area (Å²) < 4.78 is 0. The van der Waals surface area contributed by atoms with Gasteiger partial charge in [-0.05, 0) is 19.3 Å². The maximum atomic E-state index is 11.9. The molecule has 1 aliphatic rings. The molecular formula is C12H24ClN3O2. The number of rotatable bonds is 5. The van der Waals surface area contributed by atoms with E-state index in [1.807, 2.05) is 13.8 Å². The third-order valence-electron chi connectivity index (χ3n) is 3.66. The van der Waals surface area contributed by atoms with Gasteiger partial charge >= 0.3 is 0 Å². The van der Waals surface area contributed by atoms with Gasteiger partial charge in [-0.1, -0.05) is 13.8 Å². The van der Waals surface area contributed by atoms with E-state index in [1.54, 1.807) is 0 Å². The summed E-state index contributed by atoms with van der Waals surface area (Å²) in [6, 6.07) is 0. The van der Waals surface area contributed by atoms with E-state index in [0.717, 1.165) is 12.8 Å². The van der Waals surface area contributed by atoms with Crippen molar-refractivity contribution in [1.82, 2.24) is 10.6 Å². The number of carbonyl (C=O) groups is 2. The van der Waals surface area contributed by atoms with Crippen LogP contribution in [0.1, 0.15) is 39.5 Å². The van der Waals surface area contributed by atoms with Crippen LogP contribution in [0.5, 0.6) is 0 Å². The number of halogens is 1. The number of piperidine rings is 1. The van der Waals surface area contributed by atoms with Crippen LogP contribution in [0.3, 0.4) is 0 Å². The van der Waals surface area contributed by atoms with Crippen molar-refractivity contribution in [2.45, 2.75) is 45.1 Å². The highest BCUT2D eigenvalue weighted by Gasteiger charge is 2.26. The van der Waals surface area contributed by atoms with Gasteiger partial charge in [0.05, 0.1) is 5.92 Å². The van der Waals surface area contributed by atoms with Crippen LogP contribution in [0.25, 0.3) is 0 Å². The maximum Gasteiger partial charge on any atom is 0.224 e. The lowest BCUT2D eigenvalue weighted by atomic mass is 9.93. The number of carbonyl (C=O) groups excluding carboxylic acids is 2. The van der Waals surface area contributed by atoms with E-state index in [4.69, 9.17) is 5.73 Å². The molecule has 0 aromatic carbocycles. The van der Waals surface area contributed by atoms with Crippen LogP contribution >= 0.6 is 12.4 Å². The highest BCUT2D eigenvalue weighted by Crippen LogP contribution is 2.13. The van der Waals surface area contributed by atoms with Gasteiger partial charge in [-0.25, -0.2) is 0 Å². The molecule has 0 spiro atoms. The predicted octanol–water partition coefficient (Wildman–Crippen LogP) is 0.568. The maximum absolute atomic E-state index is 11.9. The molecule has 1 unspecified atom stereocenters. The van der Waals surface area contributed by atoms with E-state index in [1.165, 1.54) is 0 Å². The van der Waals surface area contributed by atoms with Crippen LogP contribution in [0.15, 0.2) is 0 Å². The largest absolute Gasteiger partial charge is 0.355 e.